The van der Waals surface area contributed by atoms with E-state index in [2.05, 4.69) is 26.5 Å². The quantitative estimate of drug-likeness (QED) is 0.270. The Morgan fingerprint density at radius 3 is 2.26 bits per heavy atom. The molecule has 0 spiro atoms. The zero-order valence-corrected chi connectivity index (χ0v) is 21.1. The summed E-state index contributed by atoms with van der Waals surface area (Å²) in [4.78, 5) is 11.1. The molecule has 2 unspecified atom stereocenters. The lowest BCUT2D eigenvalue weighted by molar-refractivity contribution is 0.0697. The molecular formula is C29H30Cl2O3. The van der Waals surface area contributed by atoms with Gasteiger partial charge >= 0.3 is 5.97 Å². The lowest BCUT2D eigenvalue weighted by Gasteiger charge is -2.25. The number of para-hydroxylation sites is 1. The average Bonchev–Trinajstić information content (AvgIpc) is 2.84. The largest absolute Gasteiger partial charge is 0.478 e. The van der Waals surface area contributed by atoms with Crippen molar-refractivity contribution in [2.75, 3.05) is 0 Å². The van der Waals surface area contributed by atoms with Gasteiger partial charge in [-0.25, -0.2) is 4.79 Å². The Hall–Kier alpha value is -2.75. The van der Waals surface area contributed by atoms with Gasteiger partial charge in [0.2, 0.25) is 0 Å². The molecule has 34 heavy (non-hydrogen) atoms. The Morgan fingerprint density at radius 1 is 1.00 bits per heavy atom. The summed E-state index contributed by atoms with van der Waals surface area (Å²) in [6.07, 6.45) is 3.86. The maximum Gasteiger partial charge on any atom is 0.335 e. The van der Waals surface area contributed by atoms with Crippen molar-refractivity contribution in [3.8, 4) is 5.75 Å². The van der Waals surface area contributed by atoms with Crippen molar-refractivity contribution in [1.29, 1.82) is 0 Å². The predicted octanol–water partition coefficient (Wildman–Crippen LogP) is 8.58. The number of halogens is 2. The number of carbonyl (C=O) groups is 1. The SMILES string of the molecule is C=C(Oc1c(Cl)cccc1Cl)c1ccccc1CC(CCc1ccc(C(=O)O)cc1)C(C)CC. The molecule has 0 saturated carbocycles. The number of ether oxygens (including phenoxy) is 1. The summed E-state index contributed by atoms with van der Waals surface area (Å²) in [5, 5.41) is 10.0. The summed E-state index contributed by atoms with van der Waals surface area (Å²) in [5.41, 5.74) is 3.57. The number of hydrogen-bond donors (Lipinski definition) is 1. The lowest BCUT2D eigenvalue weighted by atomic mass is 9.81. The van der Waals surface area contributed by atoms with Gasteiger partial charge in [0.05, 0.1) is 15.6 Å². The number of rotatable bonds is 11. The molecule has 178 valence electrons. The van der Waals surface area contributed by atoms with Crippen molar-refractivity contribution >= 4 is 34.9 Å². The molecule has 3 rings (SSSR count). The van der Waals surface area contributed by atoms with Gasteiger partial charge in [0.25, 0.3) is 0 Å². The fourth-order valence-electron chi connectivity index (χ4n) is 4.10. The summed E-state index contributed by atoms with van der Waals surface area (Å²) < 4.78 is 6.02. The molecule has 1 N–H and O–H groups in total. The van der Waals surface area contributed by atoms with Gasteiger partial charge in [0.1, 0.15) is 5.76 Å². The highest BCUT2D eigenvalue weighted by molar-refractivity contribution is 6.37. The van der Waals surface area contributed by atoms with Crippen LogP contribution in [0.3, 0.4) is 0 Å². The van der Waals surface area contributed by atoms with E-state index in [4.69, 9.17) is 33.0 Å². The molecule has 0 aliphatic heterocycles. The molecule has 3 aromatic carbocycles. The van der Waals surface area contributed by atoms with Crippen LogP contribution < -0.4 is 4.74 Å². The van der Waals surface area contributed by atoms with Gasteiger partial charge in [-0.15, -0.1) is 0 Å². The molecule has 2 atom stereocenters. The Bertz CT molecular complexity index is 1120. The van der Waals surface area contributed by atoms with Gasteiger partial charge < -0.3 is 9.84 Å². The van der Waals surface area contributed by atoms with Crippen LogP contribution in [0.1, 0.15) is 53.7 Å². The number of aromatic carboxylic acids is 1. The Labute approximate surface area is 212 Å². The van der Waals surface area contributed by atoms with Gasteiger partial charge in [0.15, 0.2) is 5.75 Å². The molecule has 0 saturated heterocycles. The van der Waals surface area contributed by atoms with E-state index in [1.54, 1.807) is 30.3 Å². The highest BCUT2D eigenvalue weighted by Gasteiger charge is 2.20. The third kappa shape index (κ3) is 6.65. The van der Waals surface area contributed by atoms with E-state index < -0.39 is 5.97 Å². The predicted molar refractivity (Wildman–Crippen MR) is 141 cm³/mol. The summed E-state index contributed by atoms with van der Waals surface area (Å²) in [6, 6.07) is 20.6. The van der Waals surface area contributed by atoms with Crippen LogP contribution in [0.25, 0.3) is 5.76 Å². The average molecular weight is 497 g/mol. The Morgan fingerprint density at radius 2 is 1.65 bits per heavy atom. The van der Waals surface area contributed by atoms with Crippen LogP contribution in [0.5, 0.6) is 5.75 Å². The van der Waals surface area contributed by atoms with Crippen LogP contribution in [0, 0.1) is 11.8 Å². The van der Waals surface area contributed by atoms with Crippen molar-refractivity contribution in [2.45, 2.75) is 39.5 Å². The molecule has 0 fully saturated rings. The topological polar surface area (TPSA) is 46.5 Å². The first-order chi connectivity index (χ1) is 16.3. The fourth-order valence-corrected chi connectivity index (χ4v) is 4.57. The highest BCUT2D eigenvalue weighted by Crippen LogP contribution is 2.36. The number of hydrogen-bond acceptors (Lipinski definition) is 2. The number of aryl methyl sites for hydroxylation is 1. The van der Waals surface area contributed by atoms with Crippen LogP contribution in [0.15, 0.2) is 73.3 Å². The third-order valence-electron chi connectivity index (χ3n) is 6.40. The standard InChI is InChI=1S/C29H30Cl2O3/c1-4-19(2)23(17-14-21-12-15-22(16-13-21)29(32)33)18-24-8-5-6-9-25(24)20(3)34-28-26(30)10-7-11-27(28)31/h5-13,15-16,19,23H,3-4,14,17-18H2,1-2H3,(H,32,33). The van der Waals surface area contributed by atoms with E-state index in [1.807, 2.05) is 30.3 Å². The molecule has 0 aliphatic rings. The van der Waals surface area contributed by atoms with Crippen LogP contribution in [0.2, 0.25) is 10.0 Å². The molecule has 0 aliphatic carbocycles. The van der Waals surface area contributed by atoms with E-state index in [0.29, 0.717) is 39.0 Å². The van der Waals surface area contributed by atoms with E-state index in [1.165, 1.54) is 5.56 Å². The van der Waals surface area contributed by atoms with E-state index in [-0.39, 0.29) is 0 Å². The second kappa shape index (κ2) is 12.1. The van der Waals surface area contributed by atoms with E-state index in [0.717, 1.165) is 36.8 Å². The van der Waals surface area contributed by atoms with Crippen LogP contribution in [-0.2, 0) is 12.8 Å². The third-order valence-corrected chi connectivity index (χ3v) is 6.99. The lowest BCUT2D eigenvalue weighted by Crippen LogP contribution is -2.16. The van der Waals surface area contributed by atoms with Gasteiger partial charge in [-0.05, 0) is 66.5 Å². The number of benzene rings is 3. The molecular weight excluding hydrogens is 467 g/mol. The van der Waals surface area contributed by atoms with Gasteiger partial charge in [-0.2, -0.15) is 0 Å². The number of carboxylic acid groups (broad SMARTS) is 1. The smallest absolute Gasteiger partial charge is 0.335 e. The van der Waals surface area contributed by atoms with Gasteiger partial charge in [0, 0.05) is 5.56 Å². The van der Waals surface area contributed by atoms with Crippen molar-refractivity contribution in [1.82, 2.24) is 0 Å². The molecule has 0 heterocycles. The van der Waals surface area contributed by atoms with Gasteiger partial charge in [-0.1, -0.05) is 92.5 Å². The second-order valence-electron chi connectivity index (χ2n) is 8.62. The van der Waals surface area contributed by atoms with Crippen molar-refractivity contribution in [3.05, 3.63) is 106 Å². The van der Waals surface area contributed by atoms with Crippen molar-refractivity contribution in [3.63, 3.8) is 0 Å². The molecule has 0 aromatic heterocycles. The first-order valence-corrected chi connectivity index (χ1v) is 12.3. The minimum absolute atomic E-state index is 0.313. The molecule has 0 bridgehead atoms. The summed E-state index contributed by atoms with van der Waals surface area (Å²) >= 11 is 12.6. The Kier molecular flexibility index (Phi) is 9.20. The van der Waals surface area contributed by atoms with Crippen LogP contribution >= 0.6 is 23.2 Å². The molecule has 0 amide bonds. The van der Waals surface area contributed by atoms with Crippen LogP contribution in [0.4, 0.5) is 0 Å². The first kappa shape index (κ1) is 25.9. The zero-order chi connectivity index (χ0) is 24.7. The van der Waals surface area contributed by atoms with Gasteiger partial charge in [-0.3, -0.25) is 0 Å². The zero-order valence-electron chi connectivity index (χ0n) is 19.6. The van der Waals surface area contributed by atoms with Crippen LogP contribution in [-0.4, -0.2) is 11.1 Å². The summed E-state index contributed by atoms with van der Waals surface area (Å²) in [6.45, 7) is 8.67. The van der Waals surface area contributed by atoms with E-state index >= 15 is 0 Å². The Balaban J connectivity index is 1.77. The minimum Gasteiger partial charge on any atom is -0.478 e. The highest BCUT2D eigenvalue weighted by atomic mass is 35.5. The van der Waals surface area contributed by atoms with Crippen molar-refractivity contribution < 1.29 is 14.6 Å². The summed E-state index contributed by atoms with van der Waals surface area (Å²) in [7, 11) is 0. The van der Waals surface area contributed by atoms with E-state index in [9.17, 15) is 4.79 Å². The number of carboxylic acids is 1. The normalized spacial score (nSPS) is 12.7. The molecule has 3 aromatic rings. The molecule has 0 radical (unpaired) electrons. The maximum atomic E-state index is 11.1. The molecule has 5 heteroatoms. The minimum atomic E-state index is -0.902. The van der Waals surface area contributed by atoms with Crippen molar-refractivity contribution in [2.24, 2.45) is 11.8 Å². The fraction of sp³-hybridized carbons (Fsp3) is 0.276. The molecule has 3 nitrogen and oxygen atoms in total. The second-order valence-corrected chi connectivity index (χ2v) is 9.44. The first-order valence-electron chi connectivity index (χ1n) is 11.5. The monoisotopic (exact) mass is 496 g/mol. The summed E-state index contributed by atoms with van der Waals surface area (Å²) in [5.74, 6) is 0.994. The maximum absolute atomic E-state index is 11.1.